The van der Waals surface area contributed by atoms with Crippen molar-refractivity contribution in [2.45, 2.75) is 46.1 Å². The topological polar surface area (TPSA) is 38.3 Å². The predicted octanol–water partition coefficient (Wildman–Crippen LogP) is 4.79. The van der Waals surface area contributed by atoms with Gasteiger partial charge in [0.2, 0.25) is 0 Å². The monoisotopic (exact) mass is 325 g/mol. The molecular weight excluding hydrogens is 298 g/mol. The van der Waals surface area contributed by atoms with Crippen molar-refractivity contribution in [3.8, 4) is 5.75 Å². The van der Waals surface area contributed by atoms with Crippen LogP contribution in [-0.4, -0.2) is 13.0 Å². The summed E-state index contributed by atoms with van der Waals surface area (Å²) in [6, 6.07) is 13.9. The molecule has 0 bridgehead atoms. The summed E-state index contributed by atoms with van der Waals surface area (Å²) in [5.74, 6) is 0.713. The molecule has 0 aliphatic carbocycles. The largest absolute Gasteiger partial charge is 0.496 e. The van der Waals surface area contributed by atoms with E-state index in [1.807, 2.05) is 26.0 Å². The molecule has 24 heavy (non-hydrogen) atoms. The van der Waals surface area contributed by atoms with Crippen molar-refractivity contribution in [2.75, 3.05) is 7.11 Å². The maximum absolute atomic E-state index is 12.5. The first-order valence-electron chi connectivity index (χ1n) is 8.28. The number of hydrogen-bond acceptors (Lipinski definition) is 2. The summed E-state index contributed by atoms with van der Waals surface area (Å²) in [5.41, 5.74) is 4.11. The molecule has 1 N–H and O–H groups in total. The number of carbonyl (C=O) groups excluding carboxylic acids is 1. The normalized spacial score (nSPS) is 12.6. The smallest absolute Gasteiger partial charge is 0.251 e. The first kappa shape index (κ1) is 18.1. The molecule has 2 aromatic carbocycles. The Bertz CT molecular complexity index is 712. The van der Waals surface area contributed by atoms with Gasteiger partial charge in [0.1, 0.15) is 5.75 Å². The van der Waals surface area contributed by atoms with E-state index >= 15 is 0 Å². The van der Waals surface area contributed by atoms with Gasteiger partial charge in [-0.3, -0.25) is 4.79 Å². The fourth-order valence-corrected chi connectivity index (χ4v) is 2.65. The maximum Gasteiger partial charge on any atom is 0.251 e. The molecule has 0 aliphatic rings. The number of amides is 1. The second kappa shape index (κ2) is 7.08. The second-order valence-corrected chi connectivity index (χ2v) is 7.25. The van der Waals surface area contributed by atoms with Crippen molar-refractivity contribution in [3.63, 3.8) is 0 Å². The van der Waals surface area contributed by atoms with Crippen LogP contribution < -0.4 is 10.1 Å². The molecule has 1 atom stereocenters. The summed E-state index contributed by atoms with van der Waals surface area (Å²) in [5, 5.41) is 3.06. The number of rotatable bonds is 4. The van der Waals surface area contributed by atoms with Gasteiger partial charge >= 0.3 is 0 Å². The zero-order valence-corrected chi connectivity index (χ0v) is 15.4. The molecule has 0 radical (unpaired) electrons. The summed E-state index contributed by atoms with van der Waals surface area (Å²) < 4.78 is 5.24. The van der Waals surface area contributed by atoms with Crippen LogP contribution in [0, 0.1) is 6.92 Å². The third-order valence-corrected chi connectivity index (χ3v) is 4.28. The molecule has 3 heteroatoms. The van der Waals surface area contributed by atoms with Gasteiger partial charge in [-0.15, -0.1) is 0 Å². The van der Waals surface area contributed by atoms with Crippen LogP contribution in [0.1, 0.15) is 60.8 Å². The molecule has 2 aromatic rings. The maximum atomic E-state index is 12.5. The number of benzene rings is 2. The highest BCUT2D eigenvalue weighted by atomic mass is 16.5. The van der Waals surface area contributed by atoms with Gasteiger partial charge in [-0.25, -0.2) is 0 Å². The van der Waals surface area contributed by atoms with E-state index in [4.69, 9.17) is 4.74 Å². The Kier molecular flexibility index (Phi) is 5.33. The van der Waals surface area contributed by atoms with E-state index in [0.717, 1.165) is 16.9 Å². The molecule has 0 saturated heterocycles. The molecule has 0 saturated carbocycles. The highest BCUT2D eigenvalue weighted by molar-refractivity contribution is 5.94. The van der Waals surface area contributed by atoms with Crippen LogP contribution in [-0.2, 0) is 5.41 Å². The number of carbonyl (C=O) groups is 1. The highest BCUT2D eigenvalue weighted by Gasteiger charge is 2.16. The van der Waals surface area contributed by atoms with Crippen molar-refractivity contribution in [1.82, 2.24) is 5.32 Å². The number of methoxy groups -OCH3 is 1. The van der Waals surface area contributed by atoms with Gasteiger partial charge in [0.15, 0.2) is 0 Å². The Morgan fingerprint density at radius 1 is 1.08 bits per heavy atom. The van der Waals surface area contributed by atoms with Gasteiger partial charge in [0.25, 0.3) is 5.91 Å². The highest BCUT2D eigenvalue weighted by Crippen LogP contribution is 2.24. The Hall–Kier alpha value is -2.29. The molecule has 1 amide bonds. The van der Waals surface area contributed by atoms with Crippen LogP contribution in [0.3, 0.4) is 0 Å². The number of nitrogens with one attached hydrogen (secondary N) is 1. The van der Waals surface area contributed by atoms with Crippen molar-refractivity contribution in [2.24, 2.45) is 0 Å². The lowest BCUT2D eigenvalue weighted by molar-refractivity contribution is 0.0939. The number of aryl methyl sites for hydroxylation is 1. The lowest BCUT2D eigenvalue weighted by atomic mass is 9.86. The molecule has 0 fully saturated rings. The van der Waals surface area contributed by atoms with E-state index in [0.29, 0.717) is 5.56 Å². The standard InChI is InChI=1S/C21H27NO2/c1-14-13-17(9-12-19(14)24-6)20(23)22-15(2)16-7-10-18(11-8-16)21(3,4)5/h7-13,15H,1-6H3,(H,22,23). The predicted molar refractivity (Wildman–Crippen MR) is 98.8 cm³/mol. The Morgan fingerprint density at radius 3 is 2.21 bits per heavy atom. The van der Waals surface area contributed by atoms with Crippen LogP contribution >= 0.6 is 0 Å². The first-order valence-corrected chi connectivity index (χ1v) is 8.28. The molecule has 0 heterocycles. The molecule has 3 nitrogen and oxygen atoms in total. The summed E-state index contributed by atoms with van der Waals surface area (Å²) >= 11 is 0. The minimum Gasteiger partial charge on any atom is -0.496 e. The molecule has 0 spiro atoms. The lowest BCUT2D eigenvalue weighted by Crippen LogP contribution is -2.26. The van der Waals surface area contributed by atoms with Crippen LogP contribution in [0.4, 0.5) is 0 Å². The zero-order chi connectivity index (χ0) is 17.9. The van der Waals surface area contributed by atoms with Gasteiger partial charge in [0.05, 0.1) is 13.2 Å². The Morgan fingerprint density at radius 2 is 1.71 bits per heavy atom. The Labute approximate surface area is 145 Å². The SMILES string of the molecule is COc1ccc(C(=O)NC(C)c2ccc(C(C)(C)C)cc2)cc1C. The molecule has 0 aliphatic heterocycles. The molecule has 2 rings (SSSR count). The fraction of sp³-hybridized carbons (Fsp3) is 0.381. The lowest BCUT2D eigenvalue weighted by Gasteiger charge is -2.21. The van der Waals surface area contributed by atoms with E-state index in [2.05, 4.69) is 50.4 Å². The molecular formula is C21H27NO2. The third-order valence-electron chi connectivity index (χ3n) is 4.28. The van der Waals surface area contributed by atoms with Gasteiger partial charge in [-0.2, -0.15) is 0 Å². The van der Waals surface area contributed by atoms with E-state index in [9.17, 15) is 4.79 Å². The zero-order valence-electron chi connectivity index (χ0n) is 15.4. The van der Waals surface area contributed by atoms with E-state index in [-0.39, 0.29) is 17.4 Å². The first-order chi connectivity index (χ1) is 11.2. The number of ether oxygens (including phenoxy) is 1. The molecule has 1 unspecified atom stereocenters. The van der Waals surface area contributed by atoms with E-state index in [1.165, 1.54) is 5.56 Å². The van der Waals surface area contributed by atoms with Crippen molar-refractivity contribution >= 4 is 5.91 Å². The van der Waals surface area contributed by atoms with Gasteiger partial charge < -0.3 is 10.1 Å². The fourth-order valence-electron chi connectivity index (χ4n) is 2.65. The molecule has 0 aromatic heterocycles. The summed E-state index contributed by atoms with van der Waals surface area (Å²) in [7, 11) is 1.63. The summed E-state index contributed by atoms with van der Waals surface area (Å²) in [6.07, 6.45) is 0. The van der Waals surface area contributed by atoms with Gasteiger partial charge in [-0.05, 0) is 54.2 Å². The molecule has 128 valence electrons. The van der Waals surface area contributed by atoms with Crippen LogP contribution in [0.2, 0.25) is 0 Å². The van der Waals surface area contributed by atoms with E-state index < -0.39 is 0 Å². The minimum absolute atomic E-state index is 0.0473. The van der Waals surface area contributed by atoms with E-state index in [1.54, 1.807) is 13.2 Å². The van der Waals surface area contributed by atoms with Crippen LogP contribution in [0.15, 0.2) is 42.5 Å². The average molecular weight is 325 g/mol. The summed E-state index contributed by atoms with van der Waals surface area (Å²) in [4.78, 5) is 12.5. The van der Waals surface area contributed by atoms with Gasteiger partial charge in [-0.1, -0.05) is 45.0 Å². The van der Waals surface area contributed by atoms with Gasteiger partial charge in [0, 0.05) is 5.56 Å². The average Bonchev–Trinajstić information content (AvgIpc) is 2.54. The number of hydrogen-bond donors (Lipinski definition) is 1. The third kappa shape index (κ3) is 4.16. The summed E-state index contributed by atoms with van der Waals surface area (Å²) in [6.45, 7) is 10.5. The van der Waals surface area contributed by atoms with Crippen molar-refractivity contribution in [1.29, 1.82) is 0 Å². The van der Waals surface area contributed by atoms with Crippen molar-refractivity contribution in [3.05, 3.63) is 64.7 Å². The second-order valence-electron chi connectivity index (χ2n) is 7.25. The minimum atomic E-state index is -0.0758. The van der Waals surface area contributed by atoms with Crippen LogP contribution in [0.25, 0.3) is 0 Å². The quantitative estimate of drug-likeness (QED) is 0.877. The van der Waals surface area contributed by atoms with Crippen LogP contribution in [0.5, 0.6) is 5.75 Å². The Balaban J connectivity index is 2.10. The van der Waals surface area contributed by atoms with Crippen molar-refractivity contribution < 1.29 is 9.53 Å².